The van der Waals surface area contributed by atoms with Gasteiger partial charge in [-0.15, -0.1) is 0 Å². The van der Waals surface area contributed by atoms with Crippen LogP contribution in [0.3, 0.4) is 0 Å². The van der Waals surface area contributed by atoms with Crippen molar-refractivity contribution in [2.45, 2.75) is 32.2 Å². The molecule has 138 valence electrons. The van der Waals surface area contributed by atoms with Gasteiger partial charge >= 0.3 is 0 Å². The van der Waals surface area contributed by atoms with Gasteiger partial charge in [-0.1, -0.05) is 25.1 Å². The van der Waals surface area contributed by atoms with E-state index in [2.05, 4.69) is 62.7 Å². The van der Waals surface area contributed by atoms with E-state index in [1.54, 1.807) is 0 Å². The van der Waals surface area contributed by atoms with Gasteiger partial charge in [-0.2, -0.15) is 0 Å². The van der Waals surface area contributed by atoms with Crippen LogP contribution < -0.4 is 15.5 Å². The predicted molar refractivity (Wildman–Crippen MR) is 106 cm³/mol. The van der Waals surface area contributed by atoms with Gasteiger partial charge in [-0.25, -0.2) is 0 Å². The summed E-state index contributed by atoms with van der Waals surface area (Å²) < 4.78 is 0. The maximum absolute atomic E-state index is 4.40. The molecule has 2 fully saturated rings. The van der Waals surface area contributed by atoms with E-state index >= 15 is 0 Å². The Kier molecular flexibility index (Phi) is 6.56. The second-order valence-corrected chi connectivity index (χ2v) is 7.19. The van der Waals surface area contributed by atoms with Gasteiger partial charge in [0, 0.05) is 45.0 Å². The molecule has 0 aliphatic carbocycles. The lowest BCUT2D eigenvalue weighted by Crippen LogP contribution is -2.46. The van der Waals surface area contributed by atoms with Crippen molar-refractivity contribution >= 4 is 11.6 Å². The summed E-state index contributed by atoms with van der Waals surface area (Å²) in [5.41, 5.74) is 1.34. The minimum absolute atomic E-state index is 0.656. The third-order valence-electron chi connectivity index (χ3n) is 5.60. The number of rotatable bonds is 6. The van der Waals surface area contributed by atoms with Crippen LogP contribution in [-0.4, -0.2) is 63.2 Å². The number of likely N-dealkylation sites (N-methyl/N-ethyl adjacent to an activating group) is 1. The molecule has 0 saturated carbocycles. The fourth-order valence-corrected chi connectivity index (χ4v) is 4.09. The standard InChI is InChI=1S/C20H33N5/c1-3-24-12-7-10-19(24)15-23-20(21-2)22-14-17-11-13-25(16-17)18-8-5-4-6-9-18/h4-6,8-9,17,19H,3,7,10-16H2,1-2H3,(H2,21,22,23). The topological polar surface area (TPSA) is 42.9 Å². The van der Waals surface area contributed by atoms with E-state index < -0.39 is 0 Å². The quantitative estimate of drug-likeness (QED) is 0.614. The van der Waals surface area contributed by atoms with Crippen molar-refractivity contribution in [2.75, 3.05) is 51.2 Å². The molecule has 2 unspecified atom stereocenters. The van der Waals surface area contributed by atoms with Crippen LogP contribution in [0.25, 0.3) is 0 Å². The van der Waals surface area contributed by atoms with Crippen LogP contribution in [0.15, 0.2) is 35.3 Å². The molecule has 2 N–H and O–H groups in total. The molecule has 3 rings (SSSR count). The first-order valence-electron chi connectivity index (χ1n) is 9.78. The smallest absolute Gasteiger partial charge is 0.191 e. The highest BCUT2D eigenvalue weighted by Crippen LogP contribution is 2.22. The zero-order chi connectivity index (χ0) is 17.5. The molecule has 2 saturated heterocycles. The van der Waals surface area contributed by atoms with Crippen LogP contribution in [0, 0.1) is 5.92 Å². The maximum atomic E-state index is 4.40. The van der Waals surface area contributed by atoms with Gasteiger partial charge in [0.05, 0.1) is 0 Å². The summed E-state index contributed by atoms with van der Waals surface area (Å²) >= 11 is 0. The highest BCUT2D eigenvalue weighted by Gasteiger charge is 2.24. The largest absolute Gasteiger partial charge is 0.371 e. The van der Waals surface area contributed by atoms with Crippen LogP contribution in [0.5, 0.6) is 0 Å². The molecule has 2 aliphatic rings. The van der Waals surface area contributed by atoms with Crippen molar-refractivity contribution in [3.8, 4) is 0 Å². The molecule has 2 aliphatic heterocycles. The van der Waals surface area contributed by atoms with Crippen molar-refractivity contribution in [3.63, 3.8) is 0 Å². The number of nitrogens with one attached hydrogen (secondary N) is 2. The van der Waals surface area contributed by atoms with E-state index in [0.717, 1.165) is 38.7 Å². The number of para-hydroxylation sites is 1. The van der Waals surface area contributed by atoms with E-state index in [1.165, 1.54) is 31.5 Å². The molecule has 1 aromatic carbocycles. The molecule has 1 aromatic rings. The second kappa shape index (κ2) is 9.09. The number of hydrogen-bond acceptors (Lipinski definition) is 3. The Morgan fingerprint density at radius 2 is 1.92 bits per heavy atom. The number of guanidine groups is 1. The molecule has 0 spiro atoms. The van der Waals surface area contributed by atoms with Gasteiger partial charge < -0.3 is 15.5 Å². The van der Waals surface area contributed by atoms with Crippen LogP contribution >= 0.6 is 0 Å². The predicted octanol–water partition coefficient (Wildman–Crippen LogP) is 2.16. The number of likely N-dealkylation sites (tertiary alicyclic amines) is 1. The third kappa shape index (κ3) is 4.88. The zero-order valence-electron chi connectivity index (χ0n) is 15.7. The molecule has 5 heteroatoms. The molecular weight excluding hydrogens is 310 g/mol. The van der Waals surface area contributed by atoms with E-state index in [4.69, 9.17) is 0 Å². The fourth-order valence-electron chi connectivity index (χ4n) is 4.09. The Morgan fingerprint density at radius 3 is 2.68 bits per heavy atom. The summed E-state index contributed by atoms with van der Waals surface area (Å²) in [4.78, 5) is 9.45. The van der Waals surface area contributed by atoms with Crippen LogP contribution in [0.4, 0.5) is 5.69 Å². The Bertz CT molecular complexity index is 544. The summed E-state index contributed by atoms with van der Waals surface area (Å²) in [6.07, 6.45) is 3.86. The van der Waals surface area contributed by atoms with Gasteiger partial charge in [0.25, 0.3) is 0 Å². The summed E-state index contributed by atoms with van der Waals surface area (Å²) in [6.45, 7) is 8.90. The fraction of sp³-hybridized carbons (Fsp3) is 0.650. The lowest BCUT2D eigenvalue weighted by Gasteiger charge is -2.24. The van der Waals surface area contributed by atoms with Crippen molar-refractivity contribution in [3.05, 3.63) is 30.3 Å². The summed E-state index contributed by atoms with van der Waals surface area (Å²) in [5.74, 6) is 1.62. The van der Waals surface area contributed by atoms with Gasteiger partial charge in [0.1, 0.15) is 0 Å². The van der Waals surface area contributed by atoms with Gasteiger partial charge in [-0.05, 0) is 50.4 Å². The van der Waals surface area contributed by atoms with E-state index in [0.29, 0.717) is 12.0 Å². The molecule has 25 heavy (non-hydrogen) atoms. The Balaban J connectivity index is 1.40. The molecular formula is C20H33N5. The van der Waals surface area contributed by atoms with Crippen molar-refractivity contribution in [1.29, 1.82) is 0 Å². The molecule has 0 aromatic heterocycles. The second-order valence-electron chi connectivity index (χ2n) is 7.19. The number of aliphatic imine (C=N–C) groups is 1. The van der Waals surface area contributed by atoms with Gasteiger partial charge in [0.2, 0.25) is 0 Å². The first-order valence-corrected chi connectivity index (χ1v) is 9.78. The highest BCUT2D eigenvalue weighted by molar-refractivity contribution is 5.79. The van der Waals surface area contributed by atoms with E-state index in [9.17, 15) is 0 Å². The van der Waals surface area contributed by atoms with Crippen molar-refractivity contribution in [1.82, 2.24) is 15.5 Å². The molecule has 0 amide bonds. The minimum Gasteiger partial charge on any atom is -0.371 e. The summed E-state index contributed by atoms with van der Waals surface area (Å²) in [7, 11) is 1.87. The number of hydrogen-bond donors (Lipinski definition) is 2. The zero-order valence-corrected chi connectivity index (χ0v) is 15.7. The average molecular weight is 344 g/mol. The number of benzene rings is 1. The normalized spacial score (nSPS) is 24.7. The third-order valence-corrected chi connectivity index (χ3v) is 5.60. The van der Waals surface area contributed by atoms with E-state index in [-0.39, 0.29) is 0 Å². The monoisotopic (exact) mass is 343 g/mol. The van der Waals surface area contributed by atoms with Crippen molar-refractivity contribution in [2.24, 2.45) is 10.9 Å². The Hall–Kier alpha value is -1.75. The lowest BCUT2D eigenvalue weighted by molar-refractivity contribution is 0.267. The minimum atomic E-state index is 0.656. The van der Waals surface area contributed by atoms with Crippen molar-refractivity contribution < 1.29 is 0 Å². The van der Waals surface area contributed by atoms with Gasteiger partial charge in [-0.3, -0.25) is 9.89 Å². The Morgan fingerprint density at radius 1 is 1.12 bits per heavy atom. The van der Waals surface area contributed by atoms with E-state index in [1.807, 2.05) is 7.05 Å². The SMILES string of the molecule is CCN1CCCC1CNC(=NC)NCC1CCN(c2ccccc2)C1. The lowest BCUT2D eigenvalue weighted by atomic mass is 10.1. The maximum Gasteiger partial charge on any atom is 0.191 e. The number of anilines is 1. The summed E-state index contributed by atoms with van der Waals surface area (Å²) in [6, 6.07) is 11.4. The molecule has 5 nitrogen and oxygen atoms in total. The first kappa shape index (κ1) is 18.1. The Labute approximate surface area is 152 Å². The average Bonchev–Trinajstić information content (AvgIpc) is 3.31. The first-order chi connectivity index (χ1) is 12.3. The molecule has 0 radical (unpaired) electrons. The summed E-state index contributed by atoms with van der Waals surface area (Å²) in [5, 5.41) is 7.06. The van der Waals surface area contributed by atoms with Crippen LogP contribution in [0.1, 0.15) is 26.2 Å². The molecule has 0 bridgehead atoms. The highest BCUT2D eigenvalue weighted by atomic mass is 15.2. The van der Waals surface area contributed by atoms with Gasteiger partial charge in [0.15, 0.2) is 5.96 Å². The number of nitrogens with zero attached hydrogens (tertiary/aromatic N) is 3. The van der Waals surface area contributed by atoms with Crippen LogP contribution in [0.2, 0.25) is 0 Å². The molecule has 2 atom stereocenters. The van der Waals surface area contributed by atoms with Crippen LogP contribution in [-0.2, 0) is 0 Å². The molecule has 2 heterocycles.